The van der Waals surface area contributed by atoms with Crippen molar-refractivity contribution in [3.63, 3.8) is 0 Å². The van der Waals surface area contributed by atoms with Gasteiger partial charge in [0, 0.05) is 17.1 Å². The van der Waals surface area contributed by atoms with E-state index >= 15 is 0 Å². The summed E-state index contributed by atoms with van der Waals surface area (Å²) in [6, 6.07) is 4.79. The number of nitrogens with zero attached hydrogens (tertiary/aromatic N) is 3. The Labute approximate surface area is 198 Å². The van der Waals surface area contributed by atoms with E-state index in [2.05, 4.69) is 20.8 Å². The van der Waals surface area contributed by atoms with Gasteiger partial charge in [-0.25, -0.2) is 13.8 Å². The smallest absolute Gasteiger partial charge is 0.402 e. The Balaban J connectivity index is 1.64. The summed E-state index contributed by atoms with van der Waals surface area (Å²) >= 11 is 0. The summed E-state index contributed by atoms with van der Waals surface area (Å²) in [5.74, 6) is 0.129. The normalized spacial score (nSPS) is 20.8. The van der Waals surface area contributed by atoms with Crippen LogP contribution in [-0.2, 0) is 5.41 Å². The Morgan fingerprint density at radius 3 is 2.43 bits per heavy atom. The zero-order chi connectivity index (χ0) is 25.8. The van der Waals surface area contributed by atoms with Gasteiger partial charge >= 0.3 is 12.2 Å². The van der Waals surface area contributed by atoms with E-state index in [1.807, 2.05) is 27.7 Å². The number of rotatable bonds is 6. The van der Waals surface area contributed by atoms with Crippen molar-refractivity contribution in [2.45, 2.75) is 70.1 Å². The van der Waals surface area contributed by atoms with E-state index in [4.69, 9.17) is 15.1 Å². The highest BCUT2D eigenvalue weighted by Gasteiger charge is 2.48. The molecule has 4 N–H and O–H groups in total. The molecule has 7 nitrogen and oxygen atoms in total. The first kappa shape index (κ1) is 25.1. The number of alkyl halides is 5. The molecule has 35 heavy (non-hydrogen) atoms. The summed E-state index contributed by atoms with van der Waals surface area (Å²) in [4.78, 5) is 4.70. The Hall–Kier alpha value is -3.02. The molecular formula is C23H27F5N6O. The third-order valence-electron chi connectivity index (χ3n) is 6.08. The lowest BCUT2D eigenvalue weighted by atomic mass is 9.74. The van der Waals surface area contributed by atoms with Crippen LogP contribution in [-0.4, -0.2) is 45.9 Å². The van der Waals surface area contributed by atoms with Gasteiger partial charge in [0.25, 0.3) is 12.3 Å². The predicted octanol–water partition coefficient (Wildman–Crippen LogP) is 5.40. The van der Waals surface area contributed by atoms with Gasteiger partial charge in [0.1, 0.15) is 12.2 Å². The maximum atomic E-state index is 12.9. The fraction of sp³-hybridized carbons (Fsp3) is 0.522. The summed E-state index contributed by atoms with van der Waals surface area (Å²) in [5, 5.41) is 14.0. The highest BCUT2D eigenvalue weighted by atomic mass is 19.4. The van der Waals surface area contributed by atoms with Crippen molar-refractivity contribution >= 4 is 22.6 Å². The number of halogens is 5. The molecule has 2 heterocycles. The van der Waals surface area contributed by atoms with Gasteiger partial charge in [-0.05, 0) is 54.5 Å². The second-order valence-electron chi connectivity index (χ2n) is 10.2. The van der Waals surface area contributed by atoms with Gasteiger partial charge < -0.3 is 20.8 Å². The average Bonchev–Trinajstić information content (AvgIpc) is 3.18. The van der Waals surface area contributed by atoms with Gasteiger partial charge in [-0.15, -0.1) is 5.10 Å². The number of benzene rings is 1. The molecule has 190 valence electrons. The Kier molecular flexibility index (Phi) is 6.15. The minimum atomic E-state index is -4.34. The van der Waals surface area contributed by atoms with Crippen LogP contribution in [0.15, 0.2) is 22.6 Å². The molecule has 2 aromatic heterocycles. The lowest BCUT2D eigenvalue weighted by Gasteiger charge is -2.43. The molecule has 0 aliphatic heterocycles. The van der Waals surface area contributed by atoms with Crippen molar-refractivity contribution in [3.05, 3.63) is 29.3 Å². The summed E-state index contributed by atoms with van der Waals surface area (Å²) in [5.41, 5.74) is 6.58. The SMILES string of the molecule is Cc1cc(-c2nnc(N[C@H]3C[C@](N)(C(F)F)C3)o2)nc2c(C(C)(C)C)cc(NCC(F)(F)F)cc12. The van der Waals surface area contributed by atoms with E-state index in [1.165, 1.54) is 0 Å². The molecule has 4 rings (SSSR count). The van der Waals surface area contributed by atoms with Gasteiger partial charge in [0.15, 0.2) is 0 Å². The third kappa shape index (κ3) is 5.31. The molecule has 1 aromatic carbocycles. The standard InChI is InChI=1S/C23H27F5N6O/c1-11-5-16(18-33-34-20(35-18)31-13-8-22(29,9-13)19(24)25)32-17-14(11)6-12(30-10-23(26,27)28)7-15(17)21(2,3)4/h5-7,13,19,30H,8-10,29H2,1-4H3,(H,31,34)/t13-,22+. The lowest BCUT2D eigenvalue weighted by Crippen LogP contribution is -2.61. The number of aromatic nitrogens is 3. The van der Waals surface area contributed by atoms with Crippen molar-refractivity contribution in [1.29, 1.82) is 0 Å². The zero-order valence-electron chi connectivity index (χ0n) is 19.7. The topological polar surface area (TPSA) is 102 Å². The highest BCUT2D eigenvalue weighted by molar-refractivity contribution is 5.90. The fourth-order valence-electron chi connectivity index (χ4n) is 4.17. The minimum Gasteiger partial charge on any atom is -0.402 e. The van der Waals surface area contributed by atoms with Gasteiger partial charge in [-0.3, -0.25) is 0 Å². The number of fused-ring (bicyclic) bond motifs is 1. The summed E-state index contributed by atoms with van der Waals surface area (Å²) in [7, 11) is 0. The molecule has 1 fully saturated rings. The van der Waals surface area contributed by atoms with Crippen LogP contribution in [0, 0.1) is 6.92 Å². The van der Waals surface area contributed by atoms with Crippen molar-refractivity contribution in [3.8, 4) is 11.6 Å². The van der Waals surface area contributed by atoms with Gasteiger partial charge in [-0.2, -0.15) is 13.2 Å². The van der Waals surface area contributed by atoms with Crippen LogP contribution in [0.1, 0.15) is 44.7 Å². The van der Waals surface area contributed by atoms with Gasteiger partial charge in [-0.1, -0.05) is 25.9 Å². The highest BCUT2D eigenvalue weighted by Crippen LogP contribution is 2.38. The monoisotopic (exact) mass is 498 g/mol. The van der Waals surface area contributed by atoms with E-state index < -0.39 is 30.1 Å². The van der Waals surface area contributed by atoms with Crippen molar-refractivity contribution in [2.24, 2.45) is 5.73 Å². The number of nitrogens with two attached hydrogens (primary N) is 1. The van der Waals surface area contributed by atoms with Gasteiger partial charge in [0.2, 0.25) is 0 Å². The Bertz CT molecular complexity index is 1230. The number of nitrogens with one attached hydrogen (secondary N) is 2. The molecule has 0 saturated heterocycles. The van der Waals surface area contributed by atoms with Crippen LogP contribution >= 0.6 is 0 Å². The van der Waals surface area contributed by atoms with E-state index in [-0.39, 0.29) is 30.8 Å². The molecular weight excluding hydrogens is 471 g/mol. The first-order chi connectivity index (χ1) is 16.1. The van der Waals surface area contributed by atoms with Crippen LogP contribution in [0.25, 0.3) is 22.5 Å². The zero-order valence-corrected chi connectivity index (χ0v) is 19.7. The fourth-order valence-corrected chi connectivity index (χ4v) is 4.17. The molecule has 0 bridgehead atoms. The van der Waals surface area contributed by atoms with E-state index in [0.29, 0.717) is 22.3 Å². The number of aryl methyl sites for hydroxylation is 1. The van der Waals surface area contributed by atoms with Crippen molar-refractivity contribution in [1.82, 2.24) is 15.2 Å². The summed E-state index contributed by atoms with van der Waals surface area (Å²) in [6.07, 6.45) is -6.79. The molecule has 1 aliphatic carbocycles. The summed E-state index contributed by atoms with van der Waals surface area (Å²) in [6.45, 7) is 6.52. The van der Waals surface area contributed by atoms with Crippen molar-refractivity contribution < 1.29 is 26.4 Å². The van der Waals surface area contributed by atoms with E-state index in [1.54, 1.807) is 18.2 Å². The second-order valence-corrected chi connectivity index (χ2v) is 10.2. The molecule has 0 spiro atoms. The second kappa shape index (κ2) is 8.58. The number of hydrogen-bond acceptors (Lipinski definition) is 7. The molecule has 3 aromatic rings. The third-order valence-corrected chi connectivity index (χ3v) is 6.08. The van der Waals surface area contributed by atoms with E-state index in [0.717, 1.165) is 11.1 Å². The van der Waals surface area contributed by atoms with Crippen LogP contribution in [0.4, 0.5) is 33.7 Å². The molecule has 0 unspecified atom stereocenters. The lowest BCUT2D eigenvalue weighted by molar-refractivity contribution is -0.115. The first-order valence-corrected chi connectivity index (χ1v) is 11.1. The number of anilines is 2. The van der Waals surface area contributed by atoms with Crippen LogP contribution in [0.2, 0.25) is 0 Å². The first-order valence-electron chi connectivity index (χ1n) is 11.1. The number of pyridine rings is 1. The van der Waals surface area contributed by atoms with Crippen LogP contribution in [0.3, 0.4) is 0 Å². The van der Waals surface area contributed by atoms with Crippen LogP contribution < -0.4 is 16.4 Å². The van der Waals surface area contributed by atoms with Crippen molar-refractivity contribution in [2.75, 3.05) is 17.2 Å². The average molecular weight is 499 g/mol. The molecule has 12 heteroatoms. The number of hydrogen-bond donors (Lipinski definition) is 3. The molecule has 0 radical (unpaired) electrons. The Morgan fingerprint density at radius 1 is 1.14 bits per heavy atom. The maximum absolute atomic E-state index is 12.9. The minimum absolute atomic E-state index is 0.0728. The quantitative estimate of drug-likeness (QED) is 0.391. The molecule has 1 saturated carbocycles. The summed E-state index contributed by atoms with van der Waals surface area (Å²) < 4.78 is 69.8. The Morgan fingerprint density at radius 2 is 1.83 bits per heavy atom. The van der Waals surface area contributed by atoms with Crippen LogP contribution in [0.5, 0.6) is 0 Å². The van der Waals surface area contributed by atoms with Gasteiger partial charge in [0.05, 0.1) is 11.1 Å². The molecule has 0 atom stereocenters. The largest absolute Gasteiger partial charge is 0.405 e. The predicted molar refractivity (Wildman–Crippen MR) is 123 cm³/mol. The van der Waals surface area contributed by atoms with E-state index in [9.17, 15) is 22.0 Å². The molecule has 0 amide bonds. The molecule has 1 aliphatic rings. The maximum Gasteiger partial charge on any atom is 0.405 e.